The Morgan fingerprint density at radius 3 is 2.73 bits per heavy atom. The van der Waals surface area contributed by atoms with Gasteiger partial charge in [-0.25, -0.2) is 4.98 Å². The SMILES string of the molecule is CC(C)Cn1c(Br)cnc1N. The minimum absolute atomic E-state index is 0.575. The van der Waals surface area contributed by atoms with E-state index in [4.69, 9.17) is 5.73 Å². The second-order valence-electron chi connectivity index (χ2n) is 2.94. The molecule has 0 fully saturated rings. The molecule has 0 aliphatic heterocycles. The van der Waals surface area contributed by atoms with Crippen LogP contribution in [0, 0.1) is 5.92 Å². The summed E-state index contributed by atoms with van der Waals surface area (Å²) in [5.41, 5.74) is 5.61. The van der Waals surface area contributed by atoms with Crippen LogP contribution in [0.5, 0.6) is 0 Å². The number of halogens is 1. The summed E-state index contributed by atoms with van der Waals surface area (Å²) in [4.78, 5) is 3.96. The Labute approximate surface area is 74.7 Å². The van der Waals surface area contributed by atoms with Crippen molar-refractivity contribution in [2.24, 2.45) is 5.92 Å². The molecular weight excluding hydrogens is 206 g/mol. The largest absolute Gasteiger partial charge is 0.369 e. The lowest BCUT2D eigenvalue weighted by Crippen LogP contribution is -2.08. The molecule has 0 aliphatic carbocycles. The van der Waals surface area contributed by atoms with Crippen LogP contribution in [0.25, 0.3) is 0 Å². The predicted octanol–water partition coefficient (Wildman–Crippen LogP) is 1.88. The minimum atomic E-state index is 0.575. The molecule has 0 saturated heterocycles. The summed E-state index contributed by atoms with van der Waals surface area (Å²) in [6.07, 6.45) is 1.72. The fraction of sp³-hybridized carbons (Fsp3) is 0.571. The Hall–Kier alpha value is -0.510. The van der Waals surface area contributed by atoms with E-state index in [0.717, 1.165) is 11.1 Å². The maximum absolute atomic E-state index is 5.61. The van der Waals surface area contributed by atoms with Crippen molar-refractivity contribution >= 4 is 21.9 Å². The van der Waals surface area contributed by atoms with Gasteiger partial charge in [-0.3, -0.25) is 0 Å². The third-order valence-electron chi connectivity index (χ3n) is 1.39. The van der Waals surface area contributed by atoms with Crippen molar-refractivity contribution in [2.45, 2.75) is 20.4 Å². The van der Waals surface area contributed by atoms with Crippen molar-refractivity contribution in [1.29, 1.82) is 0 Å². The Balaban J connectivity index is 2.83. The Morgan fingerprint density at radius 2 is 2.36 bits per heavy atom. The van der Waals surface area contributed by atoms with Gasteiger partial charge in [-0.1, -0.05) is 13.8 Å². The molecule has 11 heavy (non-hydrogen) atoms. The fourth-order valence-electron chi connectivity index (χ4n) is 0.914. The van der Waals surface area contributed by atoms with E-state index in [1.165, 1.54) is 0 Å². The van der Waals surface area contributed by atoms with E-state index in [1.807, 2.05) is 4.57 Å². The van der Waals surface area contributed by atoms with Crippen LogP contribution < -0.4 is 5.73 Å². The lowest BCUT2D eigenvalue weighted by molar-refractivity contribution is 0.522. The number of aromatic nitrogens is 2. The van der Waals surface area contributed by atoms with Crippen molar-refractivity contribution in [1.82, 2.24) is 9.55 Å². The van der Waals surface area contributed by atoms with Crippen molar-refractivity contribution in [3.05, 3.63) is 10.8 Å². The molecule has 0 bridgehead atoms. The van der Waals surface area contributed by atoms with Gasteiger partial charge < -0.3 is 10.3 Å². The first kappa shape index (κ1) is 8.59. The molecule has 1 aromatic rings. The molecule has 62 valence electrons. The van der Waals surface area contributed by atoms with Crippen LogP contribution in [-0.4, -0.2) is 9.55 Å². The van der Waals surface area contributed by atoms with Gasteiger partial charge in [0, 0.05) is 6.54 Å². The van der Waals surface area contributed by atoms with Crippen LogP contribution >= 0.6 is 15.9 Å². The van der Waals surface area contributed by atoms with Gasteiger partial charge in [-0.05, 0) is 21.8 Å². The lowest BCUT2D eigenvalue weighted by atomic mass is 10.2. The van der Waals surface area contributed by atoms with E-state index >= 15 is 0 Å². The number of anilines is 1. The van der Waals surface area contributed by atoms with E-state index in [9.17, 15) is 0 Å². The highest BCUT2D eigenvalue weighted by Crippen LogP contribution is 2.15. The summed E-state index contributed by atoms with van der Waals surface area (Å²) in [6.45, 7) is 5.20. The Kier molecular flexibility index (Phi) is 2.54. The molecule has 0 aliphatic rings. The molecule has 0 spiro atoms. The standard InChI is InChI=1S/C7H12BrN3/c1-5(2)4-11-6(8)3-10-7(11)9/h3,5H,4H2,1-2H3,(H2,9,10). The zero-order valence-corrected chi connectivity index (χ0v) is 8.30. The minimum Gasteiger partial charge on any atom is -0.369 e. The topological polar surface area (TPSA) is 43.8 Å². The molecule has 0 atom stereocenters. The maximum atomic E-state index is 5.61. The zero-order valence-electron chi connectivity index (χ0n) is 6.71. The van der Waals surface area contributed by atoms with Gasteiger partial charge in [0.2, 0.25) is 5.95 Å². The summed E-state index contributed by atoms with van der Waals surface area (Å²) >= 11 is 3.37. The van der Waals surface area contributed by atoms with Gasteiger partial charge >= 0.3 is 0 Å². The molecule has 1 heterocycles. The molecule has 0 saturated carbocycles. The van der Waals surface area contributed by atoms with E-state index in [0.29, 0.717) is 11.9 Å². The molecule has 1 rings (SSSR count). The summed E-state index contributed by atoms with van der Waals surface area (Å²) < 4.78 is 2.90. The van der Waals surface area contributed by atoms with Crippen LogP contribution in [0.1, 0.15) is 13.8 Å². The van der Waals surface area contributed by atoms with Crippen LogP contribution in [0.15, 0.2) is 10.8 Å². The second-order valence-corrected chi connectivity index (χ2v) is 3.76. The highest BCUT2D eigenvalue weighted by atomic mass is 79.9. The summed E-state index contributed by atoms with van der Waals surface area (Å²) in [5.74, 6) is 1.16. The van der Waals surface area contributed by atoms with E-state index in [1.54, 1.807) is 6.20 Å². The Morgan fingerprint density at radius 1 is 1.73 bits per heavy atom. The quantitative estimate of drug-likeness (QED) is 0.823. The molecule has 3 nitrogen and oxygen atoms in total. The number of nitrogen functional groups attached to an aromatic ring is 1. The first-order chi connectivity index (χ1) is 5.11. The predicted molar refractivity (Wildman–Crippen MR) is 49.2 cm³/mol. The number of nitrogens with zero attached hydrogens (tertiary/aromatic N) is 2. The lowest BCUT2D eigenvalue weighted by Gasteiger charge is -2.08. The van der Waals surface area contributed by atoms with Crippen molar-refractivity contribution in [3.8, 4) is 0 Å². The number of hydrogen-bond donors (Lipinski definition) is 1. The maximum Gasteiger partial charge on any atom is 0.201 e. The van der Waals surface area contributed by atoms with Gasteiger partial charge in [0.1, 0.15) is 4.60 Å². The second kappa shape index (κ2) is 3.26. The zero-order chi connectivity index (χ0) is 8.43. The number of hydrogen-bond acceptors (Lipinski definition) is 2. The van der Waals surface area contributed by atoms with Gasteiger partial charge in [-0.2, -0.15) is 0 Å². The molecule has 0 unspecified atom stereocenters. The van der Waals surface area contributed by atoms with E-state index < -0.39 is 0 Å². The summed E-state index contributed by atoms with van der Waals surface area (Å²) in [6, 6.07) is 0. The molecule has 1 aromatic heterocycles. The van der Waals surface area contributed by atoms with Gasteiger partial charge in [0.15, 0.2) is 0 Å². The van der Waals surface area contributed by atoms with Crippen molar-refractivity contribution < 1.29 is 0 Å². The Bertz CT molecular complexity index is 222. The molecule has 0 amide bonds. The van der Waals surface area contributed by atoms with Crippen LogP contribution in [0.4, 0.5) is 5.95 Å². The third kappa shape index (κ3) is 1.96. The average Bonchev–Trinajstić information content (AvgIpc) is 2.18. The van der Waals surface area contributed by atoms with Gasteiger partial charge in [-0.15, -0.1) is 0 Å². The average molecular weight is 218 g/mol. The highest BCUT2D eigenvalue weighted by molar-refractivity contribution is 9.10. The third-order valence-corrected chi connectivity index (χ3v) is 2.02. The highest BCUT2D eigenvalue weighted by Gasteiger charge is 2.05. The number of imidazole rings is 1. The van der Waals surface area contributed by atoms with Crippen LogP contribution in [0.2, 0.25) is 0 Å². The molecule has 0 radical (unpaired) electrons. The first-order valence-electron chi connectivity index (χ1n) is 3.57. The van der Waals surface area contributed by atoms with Gasteiger partial charge in [0.05, 0.1) is 6.20 Å². The normalized spacial score (nSPS) is 10.9. The van der Waals surface area contributed by atoms with Crippen LogP contribution in [-0.2, 0) is 6.54 Å². The number of rotatable bonds is 2. The van der Waals surface area contributed by atoms with Crippen LogP contribution in [0.3, 0.4) is 0 Å². The van der Waals surface area contributed by atoms with E-state index in [-0.39, 0.29) is 0 Å². The summed E-state index contributed by atoms with van der Waals surface area (Å²) in [5, 5.41) is 0. The number of nitrogens with two attached hydrogens (primary N) is 1. The monoisotopic (exact) mass is 217 g/mol. The van der Waals surface area contributed by atoms with Crippen molar-refractivity contribution in [3.63, 3.8) is 0 Å². The molecule has 4 heteroatoms. The molecule has 2 N–H and O–H groups in total. The van der Waals surface area contributed by atoms with Gasteiger partial charge in [0.25, 0.3) is 0 Å². The smallest absolute Gasteiger partial charge is 0.201 e. The molecule has 0 aromatic carbocycles. The summed E-state index contributed by atoms with van der Waals surface area (Å²) in [7, 11) is 0. The van der Waals surface area contributed by atoms with E-state index in [2.05, 4.69) is 34.8 Å². The molecular formula is C7H12BrN3. The fourth-order valence-corrected chi connectivity index (χ4v) is 1.34. The first-order valence-corrected chi connectivity index (χ1v) is 4.37. The van der Waals surface area contributed by atoms with Crippen molar-refractivity contribution in [2.75, 3.05) is 5.73 Å².